The number of piperidine rings is 1. The standard InChI is InChI=1S/C25H27N7O2/c1-3-4-12-31-23-21(29-25(31)30-11-5-6-19(26)15-30)14-27-32(24(23)34)16(2)17-7-9-20-18(13-17)8-10-22(33)28-20/h7-10,13-14,16,19H,5-6,11-12,15,26H2,1-2H3,(H,28,33)/t16?,19-/m1/s1. The molecule has 1 aromatic carbocycles. The number of fused-ring (bicyclic) bond motifs is 2. The molecule has 0 saturated carbocycles. The maximum absolute atomic E-state index is 13.7. The minimum absolute atomic E-state index is 0.0805. The molecule has 1 unspecified atom stereocenters. The number of aromatic amines is 1. The molecule has 0 spiro atoms. The van der Waals surface area contributed by atoms with Gasteiger partial charge in [0.25, 0.3) is 5.56 Å². The van der Waals surface area contributed by atoms with Crippen LogP contribution in [0.25, 0.3) is 21.9 Å². The lowest BCUT2D eigenvalue weighted by Crippen LogP contribution is -2.44. The van der Waals surface area contributed by atoms with E-state index in [0.717, 1.165) is 35.9 Å². The number of rotatable bonds is 4. The normalized spacial score (nSPS) is 17.0. The van der Waals surface area contributed by atoms with E-state index in [1.165, 1.54) is 10.7 Å². The van der Waals surface area contributed by atoms with E-state index < -0.39 is 0 Å². The summed E-state index contributed by atoms with van der Waals surface area (Å²) < 4.78 is 3.38. The Morgan fingerprint density at radius 3 is 2.91 bits per heavy atom. The first-order valence-corrected chi connectivity index (χ1v) is 11.5. The van der Waals surface area contributed by atoms with E-state index in [0.29, 0.717) is 30.1 Å². The number of nitrogens with one attached hydrogen (secondary N) is 1. The molecular weight excluding hydrogens is 430 g/mol. The van der Waals surface area contributed by atoms with Crippen molar-refractivity contribution < 1.29 is 0 Å². The predicted molar refractivity (Wildman–Crippen MR) is 133 cm³/mol. The SMILES string of the molecule is CC#CCn1c(N2CCC[C@@H](N)C2)nc2cnn(C(C)c3ccc4[nH]c(=O)ccc4c3)c(=O)c21. The lowest BCUT2D eigenvalue weighted by molar-refractivity contribution is 0.495. The summed E-state index contributed by atoms with van der Waals surface area (Å²) in [5.41, 5.74) is 8.55. The van der Waals surface area contributed by atoms with Gasteiger partial charge in [-0.25, -0.2) is 9.67 Å². The molecule has 4 aromatic rings. The molecule has 1 fully saturated rings. The fraction of sp³-hybridized carbons (Fsp3) is 0.360. The average Bonchev–Trinajstić information content (AvgIpc) is 3.21. The second-order valence-corrected chi connectivity index (χ2v) is 8.75. The van der Waals surface area contributed by atoms with Gasteiger partial charge in [0.05, 0.1) is 18.8 Å². The quantitative estimate of drug-likeness (QED) is 0.453. The number of anilines is 1. The Labute approximate surface area is 196 Å². The van der Waals surface area contributed by atoms with E-state index in [2.05, 4.69) is 26.8 Å². The van der Waals surface area contributed by atoms with Crippen molar-refractivity contribution in [2.45, 2.75) is 45.3 Å². The lowest BCUT2D eigenvalue weighted by Gasteiger charge is -2.31. The van der Waals surface area contributed by atoms with Gasteiger partial charge in [0, 0.05) is 30.7 Å². The van der Waals surface area contributed by atoms with Gasteiger partial charge in [0.2, 0.25) is 11.5 Å². The molecule has 9 heteroatoms. The third kappa shape index (κ3) is 3.86. The van der Waals surface area contributed by atoms with Crippen LogP contribution in [0.5, 0.6) is 0 Å². The zero-order valence-corrected chi connectivity index (χ0v) is 19.3. The lowest BCUT2D eigenvalue weighted by atomic mass is 10.1. The van der Waals surface area contributed by atoms with Crippen LogP contribution in [0.15, 0.2) is 46.1 Å². The maximum Gasteiger partial charge on any atom is 0.293 e. The number of hydrogen-bond acceptors (Lipinski definition) is 6. The number of aromatic nitrogens is 5. The molecule has 174 valence electrons. The number of H-pyrrole nitrogens is 1. The van der Waals surface area contributed by atoms with Crippen molar-refractivity contribution in [2.24, 2.45) is 5.73 Å². The van der Waals surface area contributed by atoms with Crippen molar-refractivity contribution in [2.75, 3.05) is 18.0 Å². The number of pyridine rings is 1. The Bertz CT molecular complexity index is 1550. The van der Waals surface area contributed by atoms with Crippen LogP contribution in [-0.2, 0) is 6.54 Å². The zero-order chi connectivity index (χ0) is 23.8. The van der Waals surface area contributed by atoms with Gasteiger partial charge < -0.3 is 15.6 Å². The largest absolute Gasteiger partial charge is 0.341 e. The first-order chi connectivity index (χ1) is 16.5. The third-order valence-corrected chi connectivity index (χ3v) is 6.44. The smallest absolute Gasteiger partial charge is 0.293 e. The highest BCUT2D eigenvalue weighted by atomic mass is 16.1. The van der Waals surface area contributed by atoms with Gasteiger partial charge in [0.15, 0.2) is 0 Å². The average molecular weight is 458 g/mol. The van der Waals surface area contributed by atoms with E-state index in [1.807, 2.05) is 29.7 Å². The van der Waals surface area contributed by atoms with E-state index >= 15 is 0 Å². The van der Waals surface area contributed by atoms with Crippen LogP contribution in [0, 0.1) is 11.8 Å². The van der Waals surface area contributed by atoms with E-state index in [1.54, 1.807) is 19.2 Å². The number of benzene rings is 1. The highest BCUT2D eigenvalue weighted by molar-refractivity contribution is 5.79. The summed E-state index contributed by atoms with van der Waals surface area (Å²) in [4.78, 5) is 35.0. The monoisotopic (exact) mass is 457 g/mol. The molecular formula is C25H27N7O2. The number of imidazole rings is 1. The molecule has 1 saturated heterocycles. The summed E-state index contributed by atoms with van der Waals surface area (Å²) in [6, 6.07) is 8.76. The van der Waals surface area contributed by atoms with Gasteiger partial charge in [0.1, 0.15) is 11.0 Å². The van der Waals surface area contributed by atoms with Gasteiger partial charge in [-0.2, -0.15) is 5.10 Å². The topological polar surface area (TPSA) is 115 Å². The van der Waals surface area contributed by atoms with Gasteiger partial charge in [-0.3, -0.25) is 14.2 Å². The first kappa shape index (κ1) is 21.9. The second kappa shape index (κ2) is 8.80. The first-order valence-electron chi connectivity index (χ1n) is 11.5. The van der Waals surface area contributed by atoms with Crippen LogP contribution < -0.4 is 21.8 Å². The summed E-state index contributed by atoms with van der Waals surface area (Å²) in [6.45, 7) is 5.62. The summed E-state index contributed by atoms with van der Waals surface area (Å²) in [6.07, 6.45) is 3.61. The highest BCUT2D eigenvalue weighted by Gasteiger charge is 2.25. The van der Waals surface area contributed by atoms with E-state index in [-0.39, 0.29) is 23.2 Å². The summed E-state index contributed by atoms with van der Waals surface area (Å²) in [5, 5.41) is 5.36. The molecule has 0 aliphatic carbocycles. The maximum atomic E-state index is 13.7. The Morgan fingerprint density at radius 1 is 1.26 bits per heavy atom. The molecule has 9 nitrogen and oxygen atoms in total. The summed E-state index contributed by atoms with van der Waals surface area (Å²) in [5.74, 6) is 6.72. The summed E-state index contributed by atoms with van der Waals surface area (Å²) >= 11 is 0. The molecule has 34 heavy (non-hydrogen) atoms. The molecule has 1 aliphatic heterocycles. The Kier molecular flexibility index (Phi) is 5.67. The fourth-order valence-electron chi connectivity index (χ4n) is 4.64. The molecule has 4 heterocycles. The van der Waals surface area contributed by atoms with Crippen molar-refractivity contribution in [1.29, 1.82) is 0 Å². The summed E-state index contributed by atoms with van der Waals surface area (Å²) in [7, 11) is 0. The van der Waals surface area contributed by atoms with E-state index in [9.17, 15) is 9.59 Å². The number of hydrogen-bond donors (Lipinski definition) is 2. The second-order valence-electron chi connectivity index (χ2n) is 8.75. The zero-order valence-electron chi connectivity index (χ0n) is 19.3. The fourth-order valence-corrected chi connectivity index (χ4v) is 4.64. The highest BCUT2D eigenvalue weighted by Crippen LogP contribution is 2.25. The van der Waals surface area contributed by atoms with Crippen LogP contribution in [0.4, 0.5) is 5.95 Å². The van der Waals surface area contributed by atoms with Gasteiger partial charge >= 0.3 is 0 Å². The minimum Gasteiger partial charge on any atom is -0.341 e. The van der Waals surface area contributed by atoms with Gasteiger partial charge in [-0.15, -0.1) is 5.92 Å². The van der Waals surface area contributed by atoms with Crippen LogP contribution in [0.3, 0.4) is 0 Å². The van der Waals surface area contributed by atoms with Crippen molar-refractivity contribution >= 4 is 27.9 Å². The van der Waals surface area contributed by atoms with Crippen molar-refractivity contribution in [3.8, 4) is 11.8 Å². The Hall–Kier alpha value is -3.90. The molecule has 2 atom stereocenters. The van der Waals surface area contributed by atoms with Crippen LogP contribution in [0.2, 0.25) is 0 Å². The molecule has 0 bridgehead atoms. The minimum atomic E-state index is -0.319. The molecule has 0 radical (unpaired) electrons. The predicted octanol–water partition coefficient (Wildman–Crippen LogP) is 1.99. The van der Waals surface area contributed by atoms with Crippen molar-refractivity contribution in [3.63, 3.8) is 0 Å². The van der Waals surface area contributed by atoms with Gasteiger partial charge in [-0.05, 0) is 55.8 Å². The van der Waals surface area contributed by atoms with E-state index in [4.69, 9.17) is 10.7 Å². The van der Waals surface area contributed by atoms with Crippen LogP contribution >= 0.6 is 0 Å². The molecule has 3 aromatic heterocycles. The van der Waals surface area contributed by atoms with Gasteiger partial charge in [-0.1, -0.05) is 12.0 Å². The van der Waals surface area contributed by atoms with Crippen LogP contribution in [-0.4, -0.2) is 43.4 Å². The molecule has 1 aliphatic rings. The van der Waals surface area contributed by atoms with Crippen LogP contribution in [0.1, 0.15) is 38.3 Å². The molecule has 3 N–H and O–H groups in total. The van der Waals surface area contributed by atoms with Crippen molar-refractivity contribution in [3.05, 3.63) is 62.8 Å². The Balaban J connectivity index is 1.61. The molecule has 0 amide bonds. The number of nitrogens with zero attached hydrogens (tertiary/aromatic N) is 5. The Morgan fingerprint density at radius 2 is 2.12 bits per heavy atom. The molecule has 5 rings (SSSR count). The third-order valence-electron chi connectivity index (χ3n) is 6.44. The van der Waals surface area contributed by atoms with Crippen molar-refractivity contribution in [1.82, 2.24) is 24.3 Å². The number of nitrogens with two attached hydrogens (primary N) is 1.